The molecule has 2 aromatic heterocycles. The normalized spacial score (nSPS) is 19.3. The smallest absolute Gasteiger partial charge is 0.266 e. The van der Waals surface area contributed by atoms with E-state index in [1.54, 1.807) is 13.1 Å². The first-order valence-corrected chi connectivity index (χ1v) is 10.2. The van der Waals surface area contributed by atoms with Crippen molar-refractivity contribution in [1.29, 1.82) is 0 Å². The fourth-order valence-corrected chi connectivity index (χ4v) is 3.89. The van der Waals surface area contributed by atoms with Crippen LogP contribution < -0.4 is 10.2 Å². The van der Waals surface area contributed by atoms with Crippen molar-refractivity contribution in [3.63, 3.8) is 0 Å². The molecular formula is C22H24F3N5O. The van der Waals surface area contributed by atoms with Crippen LogP contribution in [0.5, 0.6) is 0 Å². The molecule has 9 heteroatoms. The van der Waals surface area contributed by atoms with Crippen LogP contribution in [0.4, 0.5) is 24.7 Å². The molecule has 0 aliphatic carbocycles. The fourth-order valence-electron chi connectivity index (χ4n) is 3.89. The summed E-state index contributed by atoms with van der Waals surface area (Å²) in [4.78, 5) is 15.5. The number of nitrogens with one attached hydrogen (secondary N) is 1. The molecule has 1 aromatic carbocycles. The quantitative estimate of drug-likeness (QED) is 0.635. The molecule has 0 bridgehead atoms. The molecule has 0 amide bonds. The van der Waals surface area contributed by atoms with E-state index in [0.717, 1.165) is 24.8 Å². The number of ether oxygens (including phenoxy) is 1. The largest absolute Gasteiger partial charge is 0.372 e. The first kappa shape index (κ1) is 21.3. The van der Waals surface area contributed by atoms with Gasteiger partial charge in [0.2, 0.25) is 0 Å². The van der Waals surface area contributed by atoms with Gasteiger partial charge in [-0.05, 0) is 26.8 Å². The number of rotatable bonds is 5. The Morgan fingerprint density at radius 3 is 2.65 bits per heavy atom. The van der Waals surface area contributed by atoms with Crippen molar-refractivity contribution in [2.24, 2.45) is 0 Å². The lowest BCUT2D eigenvalue weighted by atomic mass is 10.1. The Kier molecular flexibility index (Phi) is 5.95. The maximum Gasteiger partial charge on any atom is 0.266 e. The highest BCUT2D eigenvalue weighted by atomic mass is 19.3. The van der Waals surface area contributed by atoms with E-state index in [1.807, 2.05) is 19.9 Å². The molecular weight excluding hydrogens is 407 g/mol. The molecule has 1 aliphatic rings. The van der Waals surface area contributed by atoms with Crippen molar-refractivity contribution < 1.29 is 17.9 Å². The summed E-state index contributed by atoms with van der Waals surface area (Å²) < 4.78 is 46.2. The molecule has 6 nitrogen and oxygen atoms in total. The lowest BCUT2D eigenvalue weighted by Gasteiger charge is -2.36. The molecule has 0 spiro atoms. The second kappa shape index (κ2) is 8.66. The van der Waals surface area contributed by atoms with E-state index < -0.39 is 17.8 Å². The molecule has 2 unspecified atom stereocenters. The minimum absolute atomic E-state index is 0.00773. The summed E-state index contributed by atoms with van der Waals surface area (Å²) in [5, 5.41) is 3.76. The van der Waals surface area contributed by atoms with Gasteiger partial charge in [0.25, 0.3) is 6.43 Å². The Morgan fingerprint density at radius 1 is 1.19 bits per heavy atom. The molecule has 1 aliphatic heterocycles. The summed E-state index contributed by atoms with van der Waals surface area (Å²) in [5.41, 5.74) is 0.954. The summed E-state index contributed by atoms with van der Waals surface area (Å²) in [6, 6.07) is 5.94. The summed E-state index contributed by atoms with van der Waals surface area (Å²) in [6.07, 6.45) is -0.908. The molecule has 4 rings (SSSR count). The number of morpholine rings is 1. The molecule has 164 valence electrons. The van der Waals surface area contributed by atoms with Gasteiger partial charge in [0, 0.05) is 25.2 Å². The van der Waals surface area contributed by atoms with Crippen LogP contribution in [0.3, 0.4) is 0 Å². The highest BCUT2D eigenvalue weighted by Crippen LogP contribution is 2.28. The zero-order valence-corrected chi connectivity index (χ0v) is 17.6. The lowest BCUT2D eigenvalue weighted by Crippen LogP contribution is -2.45. The molecule has 0 radical (unpaired) electrons. The number of pyridine rings is 1. The van der Waals surface area contributed by atoms with E-state index in [2.05, 4.69) is 25.2 Å². The third kappa shape index (κ3) is 4.56. The number of fused-ring (bicyclic) bond motifs is 1. The highest BCUT2D eigenvalue weighted by molar-refractivity contribution is 5.89. The summed E-state index contributed by atoms with van der Waals surface area (Å²) in [7, 11) is 0. The van der Waals surface area contributed by atoms with Crippen molar-refractivity contribution in [3.05, 3.63) is 53.2 Å². The Morgan fingerprint density at radius 2 is 1.94 bits per heavy atom. The van der Waals surface area contributed by atoms with Gasteiger partial charge in [-0.25, -0.2) is 28.1 Å². The van der Waals surface area contributed by atoms with Crippen LogP contribution in [-0.2, 0) is 11.3 Å². The first-order valence-electron chi connectivity index (χ1n) is 10.2. The average molecular weight is 431 g/mol. The highest BCUT2D eigenvalue weighted by Gasteiger charge is 2.23. The molecule has 3 heterocycles. The molecule has 3 aromatic rings. The van der Waals surface area contributed by atoms with Crippen molar-refractivity contribution in [1.82, 2.24) is 15.0 Å². The first-order chi connectivity index (χ1) is 14.8. The average Bonchev–Trinajstić information content (AvgIpc) is 2.71. The second-order valence-electron chi connectivity index (χ2n) is 7.82. The SMILES string of the molecule is Cc1nc(NCc2cccc(C(F)F)c2F)c2cc(N3CC(C)OC(C)C3)cnc2n1. The van der Waals surface area contributed by atoms with E-state index in [9.17, 15) is 13.2 Å². The number of benzene rings is 1. The number of aromatic nitrogens is 3. The van der Waals surface area contributed by atoms with Gasteiger partial charge in [0.05, 0.1) is 35.0 Å². The fraction of sp³-hybridized carbons (Fsp3) is 0.409. The number of aryl methyl sites for hydroxylation is 1. The van der Waals surface area contributed by atoms with E-state index >= 15 is 0 Å². The number of nitrogens with zero attached hydrogens (tertiary/aromatic N) is 4. The van der Waals surface area contributed by atoms with Gasteiger partial charge < -0.3 is 15.0 Å². The van der Waals surface area contributed by atoms with Crippen LogP contribution in [0.25, 0.3) is 11.0 Å². The van der Waals surface area contributed by atoms with E-state index in [4.69, 9.17) is 4.74 Å². The van der Waals surface area contributed by atoms with Gasteiger partial charge in [-0.3, -0.25) is 0 Å². The lowest BCUT2D eigenvalue weighted by molar-refractivity contribution is -0.00522. The van der Waals surface area contributed by atoms with Crippen molar-refractivity contribution in [3.8, 4) is 0 Å². The Labute approximate surface area is 178 Å². The van der Waals surface area contributed by atoms with Crippen LogP contribution in [0.1, 0.15) is 37.2 Å². The zero-order valence-electron chi connectivity index (χ0n) is 17.6. The van der Waals surface area contributed by atoms with Crippen LogP contribution in [0, 0.1) is 12.7 Å². The Hall–Kier alpha value is -2.94. The van der Waals surface area contributed by atoms with Crippen LogP contribution >= 0.6 is 0 Å². The predicted octanol–water partition coefficient (Wildman–Crippen LogP) is 4.64. The van der Waals surface area contributed by atoms with Crippen molar-refractivity contribution in [2.75, 3.05) is 23.3 Å². The predicted molar refractivity (Wildman–Crippen MR) is 113 cm³/mol. The van der Waals surface area contributed by atoms with Crippen molar-refractivity contribution >= 4 is 22.5 Å². The maximum atomic E-state index is 14.4. The summed E-state index contributed by atoms with van der Waals surface area (Å²) in [6.45, 7) is 7.27. The van der Waals surface area contributed by atoms with Crippen LogP contribution in [-0.4, -0.2) is 40.2 Å². The number of hydrogen-bond donors (Lipinski definition) is 1. The molecule has 2 atom stereocenters. The van der Waals surface area contributed by atoms with E-state index in [0.29, 0.717) is 22.7 Å². The summed E-state index contributed by atoms with van der Waals surface area (Å²) in [5.74, 6) is 0.0777. The van der Waals surface area contributed by atoms with E-state index in [1.165, 1.54) is 12.1 Å². The molecule has 31 heavy (non-hydrogen) atoms. The van der Waals surface area contributed by atoms with Crippen LogP contribution in [0.2, 0.25) is 0 Å². The topological polar surface area (TPSA) is 63.2 Å². The standard InChI is InChI=1S/C22H24F3N5O/c1-12-10-30(11-13(2)31-12)16-7-18-21(28-14(3)29-22(18)27-9-16)26-8-15-5-4-6-17(19(15)23)20(24)25/h4-7,9,12-13,20H,8,10-11H2,1-3H3,(H,26,27,28,29). The van der Waals surface area contributed by atoms with Gasteiger partial charge in [-0.1, -0.05) is 18.2 Å². The third-order valence-corrected chi connectivity index (χ3v) is 5.22. The minimum atomic E-state index is -2.87. The third-order valence-electron chi connectivity index (χ3n) is 5.22. The number of alkyl halides is 2. The summed E-state index contributed by atoms with van der Waals surface area (Å²) >= 11 is 0. The molecule has 0 saturated carbocycles. The van der Waals surface area contributed by atoms with Gasteiger partial charge >= 0.3 is 0 Å². The van der Waals surface area contributed by atoms with Gasteiger partial charge in [-0.15, -0.1) is 0 Å². The van der Waals surface area contributed by atoms with Crippen molar-refractivity contribution in [2.45, 2.75) is 45.9 Å². The van der Waals surface area contributed by atoms with E-state index in [-0.39, 0.29) is 24.3 Å². The Bertz CT molecular complexity index is 1080. The minimum Gasteiger partial charge on any atom is -0.372 e. The van der Waals surface area contributed by atoms with Crippen LogP contribution in [0.15, 0.2) is 30.5 Å². The number of hydrogen-bond acceptors (Lipinski definition) is 6. The molecule has 1 fully saturated rings. The second-order valence-corrected chi connectivity index (χ2v) is 7.82. The Balaban J connectivity index is 1.65. The monoisotopic (exact) mass is 431 g/mol. The van der Waals surface area contributed by atoms with Gasteiger partial charge in [0.15, 0.2) is 5.65 Å². The number of anilines is 2. The zero-order chi connectivity index (χ0) is 22.1. The molecule has 1 saturated heterocycles. The van der Waals surface area contributed by atoms with Gasteiger partial charge in [-0.2, -0.15) is 0 Å². The van der Waals surface area contributed by atoms with Gasteiger partial charge in [0.1, 0.15) is 17.5 Å². The molecule has 1 N–H and O–H groups in total. The number of halogens is 3. The maximum absolute atomic E-state index is 14.4.